The van der Waals surface area contributed by atoms with E-state index in [1.54, 1.807) is 38.2 Å². The Morgan fingerprint density at radius 3 is 2.24 bits per heavy atom. The van der Waals surface area contributed by atoms with Gasteiger partial charge in [-0.25, -0.2) is 4.39 Å². The van der Waals surface area contributed by atoms with Crippen LogP contribution in [0.3, 0.4) is 0 Å². The summed E-state index contributed by atoms with van der Waals surface area (Å²) < 4.78 is 18.5. The van der Waals surface area contributed by atoms with Gasteiger partial charge >= 0.3 is 0 Å². The monoisotopic (exact) mass is 465 g/mol. The first-order valence-corrected chi connectivity index (χ1v) is 10.4. The van der Waals surface area contributed by atoms with Crippen LogP contribution >= 0.6 is 0 Å². The van der Waals surface area contributed by atoms with Crippen molar-refractivity contribution >= 4 is 23.1 Å². The molecule has 3 aromatic carbocycles. The molecule has 0 unspecified atom stereocenters. The summed E-state index contributed by atoms with van der Waals surface area (Å²) in [4.78, 5) is 40.2. The second-order valence-electron chi connectivity index (χ2n) is 7.76. The average Bonchev–Trinajstić information content (AvgIpc) is 2.83. The summed E-state index contributed by atoms with van der Waals surface area (Å²) in [5.74, 6) is -0.789. The Morgan fingerprint density at radius 2 is 1.62 bits per heavy atom. The van der Waals surface area contributed by atoms with Crippen LogP contribution < -0.4 is 9.64 Å². The van der Waals surface area contributed by atoms with Crippen LogP contribution in [0, 0.1) is 15.9 Å². The lowest BCUT2D eigenvalue weighted by atomic mass is 9.97. The number of nitro benzene ring substituents is 1. The number of carbonyl (C=O) groups excluding carboxylic acids is 2. The van der Waals surface area contributed by atoms with Crippen LogP contribution in [0.2, 0.25) is 0 Å². The zero-order valence-corrected chi connectivity index (χ0v) is 19.0. The van der Waals surface area contributed by atoms with Crippen LogP contribution in [-0.2, 0) is 0 Å². The van der Waals surface area contributed by atoms with E-state index in [1.165, 1.54) is 59.5 Å². The van der Waals surface area contributed by atoms with Gasteiger partial charge in [0, 0.05) is 38.3 Å². The fourth-order valence-electron chi connectivity index (χ4n) is 3.35. The van der Waals surface area contributed by atoms with E-state index in [0.717, 1.165) is 0 Å². The first kappa shape index (κ1) is 24.4. The average molecular weight is 465 g/mol. The molecule has 0 aliphatic rings. The van der Waals surface area contributed by atoms with Gasteiger partial charge in [-0.05, 0) is 42.5 Å². The molecule has 0 radical (unpaired) electrons. The van der Waals surface area contributed by atoms with E-state index < -0.39 is 16.6 Å². The lowest BCUT2D eigenvalue weighted by Gasteiger charge is -2.19. The maximum Gasteiger partial charge on any atom is 0.293 e. The van der Waals surface area contributed by atoms with Gasteiger partial charge in [0.25, 0.3) is 11.6 Å². The predicted octanol–water partition coefficient (Wildman–Crippen LogP) is 4.18. The van der Waals surface area contributed by atoms with E-state index in [-0.39, 0.29) is 41.3 Å². The number of likely N-dealkylation sites (N-methyl/N-ethyl adjacent to an activating group) is 1. The van der Waals surface area contributed by atoms with Crippen molar-refractivity contribution in [1.82, 2.24) is 4.90 Å². The van der Waals surface area contributed by atoms with Crippen LogP contribution in [0.25, 0.3) is 0 Å². The molecular formula is C25H24FN3O5. The summed E-state index contributed by atoms with van der Waals surface area (Å²) in [6.07, 6.45) is 0. The predicted molar refractivity (Wildman–Crippen MR) is 126 cm³/mol. The number of anilines is 1. The third-order valence-electron chi connectivity index (χ3n) is 5.17. The zero-order valence-electron chi connectivity index (χ0n) is 19.0. The molecule has 0 aliphatic heterocycles. The number of halogens is 1. The number of amides is 1. The number of benzene rings is 3. The minimum absolute atomic E-state index is 0.111. The van der Waals surface area contributed by atoms with Gasteiger partial charge in [-0.15, -0.1) is 0 Å². The van der Waals surface area contributed by atoms with Crippen LogP contribution in [-0.4, -0.2) is 55.8 Å². The molecule has 0 heterocycles. The summed E-state index contributed by atoms with van der Waals surface area (Å²) in [6.45, 7) is 0.393. The largest absolute Gasteiger partial charge is 0.492 e. The zero-order chi connectivity index (χ0) is 24.8. The topological polar surface area (TPSA) is 93.0 Å². The van der Waals surface area contributed by atoms with E-state index in [0.29, 0.717) is 11.4 Å². The van der Waals surface area contributed by atoms with E-state index in [1.807, 2.05) is 0 Å². The number of nitro groups is 1. The molecule has 9 heteroatoms. The van der Waals surface area contributed by atoms with Crippen molar-refractivity contribution in [3.8, 4) is 5.75 Å². The molecule has 8 nitrogen and oxygen atoms in total. The summed E-state index contributed by atoms with van der Waals surface area (Å²) in [5.41, 5.74) is 0.600. The Balaban J connectivity index is 1.78. The molecule has 0 fully saturated rings. The summed E-state index contributed by atoms with van der Waals surface area (Å²) in [5, 5.41) is 11.5. The van der Waals surface area contributed by atoms with E-state index in [4.69, 9.17) is 4.74 Å². The maximum absolute atomic E-state index is 13.2. The summed E-state index contributed by atoms with van der Waals surface area (Å²) >= 11 is 0. The fourth-order valence-corrected chi connectivity index (χ4v) is 3.35. The number of carbonyl (C=O) groups is 2. The number of ether oxygens (including phenoxy) is 1. The molecule has 0 N–H and O–H groups in total. The summed E-state index contributed by atoms with van der Waals surface area (Å²) in [7, 11) is 4.93. The van der Waals surface area contributed by atoms with Gasteiger partial charge in [-0.1, -0.05) is 18.2 Å². The second-order valence-corrected chi connectivity index (χ2v) is 7.76. The first-order chi connectivity index (χ1) is 16.2. The van der Waals surface area contributed by atoms with Crippen molar-refractivity contribution in [3.05, 3.63) is 99.4 Å². The van der Waals surface area contributed by atoms with E-state index in [2.05, 4.69) is 0 Å². The molecule has 176 valence electrons. The molecule has 0 saturated heterocycles. The van der Waals surface area contributed by atoms with Gasteiger partial charge in [-0.2, -0.15) is 0 Å². The molecule has 0 saturated carbocycles. The van der Waals surface area contributed by atoms with Gasteiger partial charge in [0.15, 0.2) is 5.78 Å². The van der Waals surface area contributed by atoms with Gasteiger partial charge in [0.2, 0.25) is 0 Å². The Labute approximate surface area is 196 Å². The highest BCUT2D eigenvalue weighted by Gasteiger charge is 2.24. The van der Waals surface area contributed by atoms with Crippen molar-refractivity contribution in [1.29, 1.82) is 0 Å². The minimum Gasteiger partial charge on any atom is -0.492 e. The SMILES string of the molecule is CN(CCOc1ccc(F)cc1)C(=O)c1ccccc1C(=O)c1ccc(N(C)C)c([N+](=O)[O-])c1. The van der Waals surface area contributed by atoms with E-state index in [9.17, 15) is 24.1 Å². The van der Waals surface area contributed by atoms with Crippen LogP contribution in [0.4, 0.5) is 15.8 Å². The lowest BCUT2D eigenvalue weighted by molar-refractivity contribution is -0.384. The van der Waals surface area contributed by atoms with Gasteiger partial charge < -0.3 is 14.5 Å². The molecule has 0 aromatic heterocycles. The highest BCUT2D eigenvalue weighted by molar-refractivity contribution is 6.15. The van der Waals surface area contributed by atoms with Crippen molar-refractivity contribution < 1.29 is 23.6 Å². The third-order valence-corrected chi connectivity index (χ3v) is 5.17. The smallest absolute Gasteiger partial charge is 0.293 e. The Kier molecular flexibility index (Phi) is 7.57. The molecule has 0 bridgehead atoms. The molecule has 0 spiro atoms. The van der Waals surface area contributed by atoms with Gasteiger partial charge in [-0.3, -0.25) is 19.7 Å². The summed E-state index contributed by atoms with van der Waals surface area (Å²) in [6, 6.07) is 16.1. The second kappa shape index (κ2) is 10.6. The molecule has 1 amide bonds. The number of ketones is 1. The fraction of sp³-hybridized carbons (Fsp3) is 0.200. The van der Waals surface area contributed by atoms with Gasteiger partial charge in [0.1, 0.15) is 23.9 Å². The third kappa shape index (κ3) is 5.55. The Morgan fingerprint density at radius 1 is 0.971 bits per heavy atom. The minimum atomic E-state index is -0.544. The van der Waals surface area contributed by atoms with Crippen molar-refractivity contribution in [2.75, 3.05) is 39.2 Å². The molecular weight excluding hydrogens is 441 g/mol. The highest BCUT2D eigenvalue weighted by atomic mass is 19.1. The van der Waals surface area contributed by atoms with E-state index >= 15 is 0 Å². The highest BCUT2D eigenvalue weighted by Crippen LogP contribution is 2.29. The molecule has 0 atom stereocenters. The molecule has 3 rings (SSSR count). The molecule has 0 aliphatic carbocycles. The quantitative estimate of drug-likeness (QED) is 0.267. The molecule has 34 heavy (non-hydrogen) atoms. The van der Waals surface area contributed by atoms with Crippen molar-refractivity contribution in [2.45, 2.75) is 0 Å². The Hall–Kier alpha value is -4.27. The first-order valence-electron chi connectivity index (χ1n) is 10.4. The van der Waals surface area contributed by atoms with Crippen molar-refractivity contribution in [3.63, 3.8) is 0 Å². The number of hydrogen-bond donors (Lipinski definition) is 0. The van der Waals surface area contributed by atoms with Crippen LogP contribution in [0.5, 0.6) is 5.75 Å². The molecule has 3 aromatic rings. The normalized spacial score (nSPS) is 10.5. The Bertz CT molecular complexity index is 1210. The standard InChI is InChI=1S/C25H24FN3O5/c1-27(2)22-13-8-17(16-23(22)29(32)33)24(30)20-6-4-5-7-21(20)25(31)28(3)14-15-34-19-11-9-18(26)10-12-19/h4-13,16H,14-15H2,1-3H3. The number of nitrogens with zero attached hydrogens (tertiary/aromatic N) is 3. The lowest BCUT2D eigenvalue weighted by Crippen LogP contribution is -2.32. The number of rotatable bonds is 9. The van der Waals surface area contributed by atoms with Crippen LogP contribution in [0.15, 0.2) is 66.7 Å². The van der Waals surface area contributed by atoms with Crippen LogP contribution in [0.1, 0.15) is 26.3 Å². The maximum atomic E-state index is 13.2. The van der Waals surface area contributed by atoms with Crippen molar-refractivity contribution in [2.24, 2.45) is 0 Å². The number of hydrogen-bond acceptors (Lipinski definition) is 6. The van der Waals surface area contributed by atoms with Gasteiger partial charge in [0.05, 0.1) is 17.0 Å².